The van der Waals surface area contributed by atoms with Gasteiger partial charge in [-0.1, -0.05) is 0 Å². The van der Waals surface area contributed by atoms with Gasteiger partial charge in [0, 0.05) is 22.5 Å². The lowest BCUT2D eigenvalue weighted by molar-refractivity contribution is 0.630. The number of nitrogen functional groups attached to an aromatic ring is 1. The Morgan fingerprint density at radius 1 is 1.47 bits per heavy atom. The first-order chi connectivity index (χ1) is 9.04. The first-order valence-corrected chi connectivity index (χ1v) is 6.26. The molecule has 0 fully saturated rings. The molecule has 1 aromatic carbocycles. The van der Waals surface area contributed by atoms with Crippen LogP contribution in [0, 0.1) is 17.1 Å². The summed E-state index contributed by atoms with van der Waals surface area (Å²) in [5, 5.41) is 10.4. The van der Waals surface area contributed by atoms with E-state index >= 15 is 0 Å². The molecular formula is C13H8FN3OS. The lowest BCUT2D eigenvalue weighted by atomic mass is 10.1. The number of thiophene rings is 1. The standard InChI is InChI=1S/C13H8FN3OS/c1-17-12(16)8(5-15)10-7-3-2-6(14)4-9(7)19-11(10)13(17)18/h2-4H,16H2,1H3. The predicted octanol–water partition coefficient (Wildman–Crippen LogP) is 2.35. The summed E-state index contributed by atoms with van der Waals surface area (Å²) in [5.74, 6) is -0.244. The second-order valence-electron chi connectivity index (χ2n) is 4.18. The largest absolute Gasteiger partial charge is 0.384 e. The van der Waals surface area contributed by atoms with E-state index in [1.807, 2.05) is 6.07 Å². The number of hydrogen-bond acceptors (Lipinski definition) is 4. The second-order valence-corrected chi connectivity index (χ2v) is 5.24. The molecule has 0 unspecified atom stereocenters. The fourth-order valence-electron chi connectivity index (χ4n) is 2.14. The monoisotopic (exact) mass is 273 g/mol. The summed E-state index contributed by atoms with van der Waals surface area (Å²) in [7, 11) is 1.52. The van der Waals surface area contributed by atoms with E-state index < -0.39 is 0 Å². The molecule has 2 aromatic heterocycles. The molecule has 2 heterocycles. The van der Waals surface area contributed by atoms with Crippen molar-refractivity contribution in [1.82, 2.24) is 4.57 Å². The number of nitriles is 1. The van der Waals surface area contributed by atoms with Crippen LogP contribution in [0.25, 0.3) is 20.2 Å². The van der Waals surface area contributed by atoms with E-state index in [0.29, 0.717) is 20.2 Å². The summed E-state index contributed by atoms with van der Waals surface area (Å²) in [6.45, 7) is 0. The van der Waals surface area contributed by atoms with E-state index in [0.717, 1.165) is 0 Å². The number of benzene rings is 1. The van der Waals surface area contributed by atoms with Crippen molar-refractivity contribution < 1.29 is 4.39 Å². The van der Waals surface area contributed by atoms with Crippen molar-refractivity contribution in [2.45, 2.75) is 0 Å². The minimum Gasteiger partial charge on any atom is -0.384 e. The van der Waals surface area contributed by atoms with Gasteiger partial charge in [0.2, 0.25) is 0 Å². The molecule has 19 heavy (non-hydrogen) atoms. The molecular weight excluding hydrogens is 265 g/mol. The highest BCUT2D eigenvalue weighted by molar-refractivity contribution is 7.25. The zero-order valence-electron chi connectivity index (χ0n) is 9.90. The van der Waals surface area contributed by atoms with Crippen LogP contribution in [0.4, 0.5) is 10.2 Å². The SMILES string of the molecule is Cn1c(N)c(C#N)c2c(sc3cc(F)ccc32)c1=O. The maximum absolute atomic E-state index is 13.2. The third-order valence-corrected chi connectivity index (χ3v) is 4.27. The zero-order valence-corrected chi connectivity index (χ0v) is 10.7. The average molecular weight is 273 g/mol. The normalized spacial score (nSPS) is 11.0. The first-order valence-electron chi connectivity index (χ1n) is 5.45. The van der Waals surface area contributed by atoms with Gasteiger partial charge in [0.15, 0.2) is 0 Å². The summed E-state index contributed by atoms with van der Waals surface area (Å²) < 4.78 is 15.5. The molecule has 6 heteroatoms. The Kier molecular flexibility index (Phi) is 2.34. The van der Waals surface area contributed by atoms with Crippen LogP contribution in [-0.2, 0) is 7.05 Å². The molecule has 3 rings (SSSR count). The summed E-state index contributed by atoms with van der Waals surface area (Å²) in [4.78, 5) is 12.2. The van der Waals surface area contributed by atoms with Gasteiger partial charge in [-0.2, -0.15) is 5.26 Å². The number of nitrogens with zero attached hydrogens (tertiary/aromatic N) is 2. The van der Waals surface area contributed by atoms with Gasteiger partial charge in [-0.3, -0.25) is 9.36 Å². The minimum atomic E-state index is -0.373. The third kappa shape index (κ3) is 1.45. The summed E-state index contributed by atoms with van der Waals surface area (Å²) in [6.07, 6.45) is 0. The molecule has 0 atom stereocenters. The van der Waals surface area contributed by atoms with Gasteiger partial charge < -0.3 is 5.73 Å². The Hall–Kier alpha value is -2.39. The maximum Gasteiger partial charge on any atom is 0.269 e. The zero-order chi connectivity index (χ0) is 13.7. The topological polar surface area (TPSA) is 71.8 Å². The van der Waals surface area contributed by atoms with Gasteiger partial charge in [-0.15, -0.1) is 11.3 Å². The van der Waals surface area contributed by atoms with E-state index in [9.17, 15) is 14.4 Å². The Morgan fingerprint density at radius 2 is 2.21 bits per heavy atom. The number of halogens is 1. The van der Waals surface area contributed by atoms with Gasteiger partial charge in [0.05, 0.1) is 0 Å². The number of fused-ring (bicyclic) bond motifs is 3. The molecule has 0 aliphatic carbocycles. The van der Waals surface area contributed by atoms with Crippen molar-refractivity contribution in [2.24, 2.45) is 7.05 Å². The second kappa shape index (κ2) is 3.80. The van der Waals surface area contributed by atoms with Gasteiger partial charge in [0.25, 0.3) is 5.56 Å². The fourth-order valence-corrected chi connectivity index (χ4v) is 3.35. The van der Waals surface area contributed by atoms with Gasteiger partial charge in [-0.25, -0.2) is 4.39 Å². The van der Waals surface area contributed by atoms with Crippen molar-refractivity contribution in [2.75, 3.05) is 5.73 Å². The summed E-state index contributed by atoms with van der Waals surface area (Å²) >= 11 is 1.17. The van der Waals surface area contributed by atoms with Crippen molar-refractivity contribution >= 4 is 37.3 Å². The molecule has 0 aliphatic rings. The van der Waals surface area contributed by atoms with Crippen LogP contribution in [0.2, 0.25) is 0 Å². The van der Waals surface area contributed by atoms with E-state index in [4.69, 9.17) is 5.73 Å². The van der Waals surface area contributed by atoms with Gasteiger partial charge >= 0.3 is 0 Å². The van der Waals surface area contributed by atoms with Gasteiger partial charge in [-0.05, 0) is 18.2 Å². The lowest BCUT2D eigenvalue weighted by Crippen LogP contribution is -2.20. The summed E-state index contributed by atoms with van der Waals surface area (Å²) in [6, 6.07) is 6.27. The molecule has 0 amide bonds. The Balaban J connectivity index is 2.70. The fraction of sp³-hybridized carbons (Fsp3) is 0.0769. The Bertz CT molecular complexity index is 933. The lowest BCUT2D eigenvalue weighted by Gasteiger charge is -2.06. The molecule has 4 nitrogen and oxygen atoms in total. The third-order valence-electron chi connectivity index (χ3n) is 3.13. The Morgan fingerprint density at radius 3 is 2.89 bits per heavy atom. The van der Waals surface area contributed by atoms with Crippen molar-refractivity contribution in [1.29, 1.82) is 5.26 Å². The van der Waals surface area contributed by atoms with Crippen molar-refractivity contribution in [3.05, 3.63) is 39.9 Å². The van der Waals surface area contributed by atoms with Crippen LogP contribution in [0.15, 0.2) is 23.0 Å². The number of hydrogen-bond donors (Lipinski definition) is 1. The number of rotatable bonds is 0. The quantitative estimate of drug-likeness (QED) is 0.683. The van der Waals surface area contributed by atoms with Crippen LogP contribution in [-0.4, -0.2) is 4.57 Å². The number of aromatic nitrogens is 1. The molecule has 0 spiro atoms. The first kappa shape index (κ1) is 11.7. The van der Waals surface area contributed by atoms with E-state index in [2.05, 4.69) is 0 Å². The summed E-state index contributed by atoms with van der Waals surface area (Å²) in [5.41, 5.74) is 5.80. The molecule has 0 aliphatic heterocycles. The van der Waals surface area contributed by atoms with Crippen molar-refractivity contribution in [3.8, 4) is 6.07 Å². The Labute approximate surface area is 111 Å². The number of anilines is 1. The van der Waals surface area contributed by atoms with Crippen LogP contribution in [0.5, 0.6) is 0 Å². The highest BCUT2D eigenvalue weighted by Gasteiger charge is 2.17. The van der Waals surface area contributed by atoms with Crippen molar-refractivity contribution in [3.63, 3.8) is 0 Å². The van der Waals surface area contributed by atoms with Crippen LogP contribution in [0.3, 0.4) is 0 Å². The number of pyridine rings is 1. The van der Waals surface area contributed by atoms with E-state index in [1.54, 1.807) is 6.07 Å². The molecule has 0 saturated carbocycles. The van der Waals surface area contributed by atoms with Crippen LogP contribution in [0.1, 0.15) is 5.56 Å². The van der Waals surface area contributed by atoms with Gasteiger partial charge in [0.1, 0.15) is 28.0 Å². The molecule has 3 aromatic rings. The predicted molar refractivity (Wildman–Crippen MR) is 73.7 cm³/mol. The minimum absolute atomic E-state index is 0.129. The smallest absolute Gasteiger partial charge is 0.269 e. The van der Waals surface area contributed by atoms with E-state index in [-0.39, 0.29) is 22.8 Å². The maximum atomic E-state index is 13.2. The molecule has 94 valence electrons. The highest BCUT2D eigenvalue weighted by Crippen LogP contribution is 2.35. The molecule has 0 radical (unpaired) electrons. The van der Waals surface area contributed by atoms with Crippen LogP contribution >= 0.6 is 11.3 Å². The molecule has 2 N–H and O–H groups in total. The van der Waals surface area contributed by atoms with Crippen LogP contribution < -0.4 is 11.3 Å². The highest BCUT2D eigenvalue weighted by atomic mass is 32.1. The number of nitrogens with two attached hydrogens (primary N) is 1. The molecule has 0 saturated heterocycles. The average Bonchev–Trinajstić information content (AvgIpc) is 2.75. The molecule has 0 bridgehead atoms. The van der Waals surface area contributed by atoms with E-state index in [1.165, 1.54) is 35.1 Å².